The van der Waals surface area contributed by atoms with Crippen LogP contribution in [0.1, 0.15) is 18.1 Å². The minimum absolute atomic E-state index is 0.396. The zero-order chi connectivity index (χ0) is 20.8. The van der Waals surface area contributed by atoms with Gasteiger partial charge in [0.1, 0.15) is 17.9 Å². The molecule has 1 aliphatic rings. The zero-order valence-electron chi connectivity index (χ0n) is 15.7. The van der Waals surface area contributed by atoms with Crippen molar-refractivity contribution >= 4 is 44.5 Å². The molecule has 2 heterocycles. The number of hydrogen-bond acceptors (Lipinski definition) is 5. The number of hydrogen-bond donors (Lipinski definition) is 2. The summed E-state index contributed by atoms with van der Waals surface area (Å²) >= 11 is 1.31. The normalized spacial score (nSPS) is 18.9. The maximum atomic E-state index is 13.2. The van der Waals surface area contributed by atoms with E-state index in [-0.39, 0.29) is 0 Å². The Morgan fingerprint density at radius 1 is 1.24 bits per heavy atom. The first-order chi connectivity index (χ1) is 13.8. The van der Waals surface area contributed by atoms with Gasteiger partial charge < -0.3 is 10.6 Å². The van der Waals surface area contributed by atoms with Gasteiger partial charge in [-0.1, -0.05) is 35.6 Å². The van der Waals surface area contributed by atoms with Gasteiger partial charge in [-0.3, -0.25) is 14.5 Å². The monoisotopic (exact) mass is 412 g/mol. The van der Waals surface area contributed by atoms with Crippen LogP contribution in [0, 0.1) is 12.7 Å². The van der Waals surface area contributed by atoms with Gasteiger partial charge in [-0.15, -0.1) is 0 Å². The topological polar surface area (TPSA) is 91.4 Å². The van der Waals surface area contributed by atoms with E-state index in [0.717, 1.165) is 20.7 Å². The smallest absolute Gasteiger partial charge is 0.319 e. The number of imide groups is 1. The Bertz CT molecular complexity index is 1140. The summed E-state index contributed by atoms with van der Waals surface area (Å²) in [5.74, 6) is -1.56. The Morgan fingerprint density at radius 3 is 2.66 bits per heavy atom. The highest BCUT2D eigenvalue weighted by Gasteiger charge is 2.49. The predicted molar refractivity (Wildman–Crippen MR) is 107 cm³/mol. The third-order valence-electron chi connectivity index (χ3n) is 4.87. The van der Waals surface area contributed by atoms with Crippen molar-refractivity contribution in [3.63, 3.8) is 0 Å². The number of carbonyl (C=O) groups excluding carboxylic acids is 3. The van der Waals surface area contributed by atoms with Gasteiger partial charge in [0, 0.05) is 0 Å². The van der Waals surface area contributed by atoms with E-state index >= 15 is 0 Å². The SMILES string of the molecule is Cc1cccc2sc(NC(=O)CN3C(=O)NC(C)(c4ccc(F)cc4)C3=O)nc12. The van der Waals surface area contributed by atoms with Gasteiger partial charge in [-0.25, -0.2) is 14.2 Å². The highest BCUT2D eigenvalue weighted by atomic mass is 32.1. The maximum absolute atomic E-state index is 13.2. The van der Waals surface area contributed by atoms with Crippen molar-refractivity contribution in [3.8, 4) is 0 Å². The Balaban J connectivity index is 1.50. The molecule has 1 aliphatic heterocycles. The number of para-hydroxylation sites is 1. The summed E-state index contributed by atoms with van der Waals surface area (Å²) < 4.78 is 14.1. The first-order valence-corrected chi connectivity index (χ1v) is 9.66. The predicted octanol–water partition coefficient (Wildman–Crippen LogP) is 3.15. The van der Waals surface area contributed by atoms with E-state index in [9.17, 15) is 18.8 Å². The van der Waals surface area contributed by atoms with Crippen LogP contribution in [-0.2, 0) is 15.1 Å². The second kappa shape index (κ2) is 6.93. The number of nitrogens with one attached hydrogen (secondary N) is 2. The molecule has 1 fully saturated rings. The van der Waals surface area contributed by atoms with Crippen LogP contribution in [0.3, 0.4) is 0 Å². The minimum atomic E-state index is -1.36. The fraction of sp³-hybridized carbons (Fsp3) is 0.200. The molecule has 2 aromatic carbocycles. The van der Waals surface area contributed by atoms with E-state index in [2.05, 4.69) is 15.6 Å². The summed E-state index contributed by atoms with van der Waals surface area (Å²) in [7, 11) is 0. The molecule has 2 N–H and O–H groups in total. The van der Waals surface area contributed by atoms with Crippen LogP contribution in [-0.4, -0.2) is 34.3 Å². The lowest BCUT2D eigenvalue weighted by Crippen LogP contribution is -2.42. The van der Waals surface area contributed by atoms with E-state index in [1.807, 2.05) is 25.1 Å². The lowest BCUT2D eigenvalue weighted by Gasteiger charge is -2.22. The molecule has 29 heavy (non-hydrogen) atoms. The van der Waals surface area contributed by atoms with Crippen LogP contribution in [0.5, 0.6) is 0 Å². The van der Waals surface area contributed by atoms with Crippen molar-refractivity contribution < 1.29 is 18.8 Å². The van der Waals surface area contributed by atoms with Crippen molar-refractivity contribution in [2.75, 3.05) is 11.9 Å². The van der Waals surface area contributed by atoms with Gasteiger partial charge in [-0.2, -0.15) is 0 Å². The lowest BCUT2D eigenvalue weighted by molar-refractivity contribution is -0.133. The van der Waals surface area contributed by atoms with Crippen LogP contribution in [0.25, 0.3) is 10.2 Å². The quantitative estimate of drug-likeness (QED) is 0.644. The van der Waals surface area contributed by atoms with Crippen LogP contribution < -0.4 is 10.6 Å². The third-order valence-corrected chi connectivity index (χ3v) is 5.80. The fourth-order valence-corrected chi connectivity index (χ4v) is 4.22. The van der Waals surface area contributed by atoms with Crippen LogP contribution in [0.4, 0.5) is 14.3 Å². The molecule has 1 unspecified atom stereocenters. The molecule has 4 rings (SSSR count). The average molecular weight is 412 g/mol. The van der Waals surface area contributed by atoms with Gasteiger partial charge in [-0.05, 0) is 43.2 Å². The van der Waals surface area contributed by atoms with Crippen molar-refractivity contribution in [3.05, 3.63) is 59.4 Å². The third kappa shape index (κ3) is 3.33. The molecule has 7 nitrogen and oxygen atoms in total. The molecule has 1 saturated heterocycles. The summed E-state index contributed by atoms with van der Waals surface area (Å²) in [4.78, 5) is 42.9. The number of aromatic nitrogens is 1. The van der Waals surface area contributed by atoms with E-state index in [4.69, 9.17) is 0 Å². The number of fused-ring (bicyclic) bond motifs is 1. The highest BCUT2D eigenvalue weighted by molar-refractivity contribution is 7.22. The first kappa shape index (κ1) is 19.0. The van der Waals surface area contributed by atoms with Gasteiger partial charge >= 0.3 is 6.03 Å². The number of halogens is 1. The molecule has 9 heteroatoms. The number of amides is 4. The van der Waals surface area contributed by atoms with Crippen molar-refractivity contribution in [2.45, 2.75) is 19.4 Å². The number of anilines is 1. The fourth-order valence-electron chi connectivity index (χ4n) is 3.26. The number of benzene rings is 2. The maximum Gasteiger partial charge on any atom is 0.325 e. The molecule has 0 bridgehead atoms. The summed E-state index contributed by atoms with van der Waals surface area (Å²) in [6, 6.07) is 10.3. The first-order valence-electron chi connectivity index (χ1n) is 8.84. The Morgan fingerprint density at radius 2 is 1.97 bits per heavy atom. The van der Waals surface area contributed by atoms with Gasteiger partial charge in [0.25, 0.3) is 5.91 Å². The zero-order valence-corrected chi connectivity index (χ0v) is 16.5. The highest BCUT2D eigenvalue weighted by Crippen LogP contribution is 2.30. The molecule has 148 valence electrons. The lowest BCUT2D eigenvalue weighted by atomic mass is 9.92. The Hall–Kier alpha value is -3.33. The molecular weight excluding hydrogens is 395 g/mol. The number of rotatable bonds is 4. The van der Waals surface area contributed by atoms with E-state index < -0.39 is 35.7 Å². The second-order valence-electron chi connectivity index (χ2n) is 6.94. The molecule has 3 aromatic rings. The Kier molecular flexibility index (Phi) is 4.54. The van der Waals surface area contributed by atoms with Crippen LogP contribution in [0.15, 0.2) is 42.5 Å². The van der Waals surface area contributed by atoms with Gasteiger partial charge in [0.05, 0.1) is 10.2 Å². The molecule has 0 spiro atoms. The Labute approximate surface area is 169 Å². The average Bonchev–Trinajstić information content (AvgIpc) is 3.17. The molecule has 1 atom stereocenters. The van der Waals surface area contributed by atoms with Crippen LogP contribution >= 0.6 is 11.3 Å². The minimum Gasteiger partial charge on any atom is -0.319 e. The summed E-state index contributed by atoms with van der Waals surface area (Å²) in [5.41, 5.74) is 0.856. The standard InChI is InChI=1S/C20H17FN4O3S/c1-11-4-3-5-14-16(11)23-18(29-14)22-15(26)10-25-17(27)20(2,24-19(25)28)12-6-8-13(21)9-7-12/h3-9H,10H2,1-2H3,(H,24,28)(H,22,23,26). The van der Waals surface area contributed by atoms with Crippen molar-refractivity contribution in [1.82, 2.24) is 15.2 Å². The number of urea groups is 1. The van der Waals surface area contributed by atoms with Gasteiger partial charge in [0.2, 0.25) is 5.91 Å². The van der Waals surface area contributed by atoms with Gasteiger partial charge in [0.15, 0.2) is 5.13 Å². The van der Waals surface area contributed by atoms with E-state index in [1.54, 1.807) is 0 Å². The van der Waals surface area contributed by atoms with E-state index in [0.29, 0.717) is 10.7 Å². The summed E-state index contributed by atoms with van der Waals surface area (Å²) in [6.45, 7) is 3.00. The number of thiazole rings is 1. The van der Waals surface area contributed by atoms with Crippen molar-refractivity contribution in [2.24, 2.45) is 0 Å². The molecule has 4 amide bonds. The van der Waals surface area contributed by atoms with Crippen molar-refractivity contribution in [1.29, 1.82) is 0 Å². The summed E-state index contributed by atoms with van der Waals surface area (Å²) in [6.07, 6.45) is 0. The second-order valence-corrected chi connectivity index (χ2v) is 7.97. The molecule has 0 radical (unpaired) electrons. The number of carbonyl (C=O) groups is 3. The molecule has 0 aliphatic carbocycles. The largest absolute Gasteiger partial charge is 0.325 e. The molecule has 0 saturated carbocycles. The molecular formula is C20H17FN4O3S. The number of aryl methyl sites for hydroxylation is 1. The van der Waals surface area contributed by atoms with E-state index in [1.165, 1.54) is 42.5 Å². The van der Waals surface area contributed by atoms with Crippen LogP contribution in [0.2, 0.25) is 0 Å². The molecule has 1 aromatic heterocycles. The number of nitrogens with zero attached hydrogens (tertiary/aromatic N) is 2. The summed E-state index contributed by atoms with van der Waals surface area (Å²) in [5, 5.41) is 5.63.